The highest BCUT2D eigenvalue weighted by atomic mass is 16.5. The highest BCUT2D eigenvalue weighted by Crippen LogP contribution is 2.09. The summed E-state index contributed by atoms with van der Waals surface area (Å²) >= 11 is 0. The number of nitrogens with one attached hydrogen (secondary N) is 1. The van der Waals surface area contributed by atoms with Gasteiger partial charge in [-0.2, -0.15) is 0 Å². The SMILES string of the molecule is COCCNCc1ccnc(Cc2ccc(OC)nc2)n1. The Balaban J connectivity index is 1.93. The van der Waals surface area contributed by atoms with Gasteiger partial charge in [-0.05, 0) is 11.6 Å². The first kappa shape index (κ1) is 15.3. The maximum atomic E-state index is 5.04. The molecule has 112 valence electrons. The third-order valence-electron chi connectivity index (χ3n) is 2.92. The summed E-state index contributed by atoms with van der Waals surface area (Å²) in [5, 5.41) is 3.26. The minimum Gasteiger partial charge on any atom is -0.481 e. The van der Waals surface area contributed by atoms with Crippen LogP contribution in [0.1, 0.15) is 17.1 Å². The molecule has 2 heterocycles. The Labute approximate surface area is 124 Å². The van der Waals surface area contributed by atoms with Gasteiger partial charge < -0.3 is 14.8 Å². The van der Waals surface area contributed by atoms with Crippen LogP contribution >= 0.6 is 0 Å². The summed E-state index contributed by atoms with van der Waals surface area (Å²) in [5.41, 5.74) is 2.03. The van der Waals surface area contributed by atoms with Gasteiger partial charge in [-0.15, -0.1) is 0 Å². The monoisotopic (exact) mass is 288 g/mol. The first-order valence-electron chi connectivity index (χ1n) is 6.81. The average Bonchev–Trinajstić information content (AvgIpc) is 2.53. The molecule has 21 heavy (non-hydrogen) atoms. The zero-order chi connectivity index (χ0) is 14.9. The highest BCUT2D eigenvalue weighted by molar-refractivity contribution is 5.21. The van der Waals surface area contributed by atoms with Crippen LogP contribution in [0.3, 0.4) is 0 Å². The lowest BCUT2D eigenvalue weighted by Crippen LogP contribution is -2.19. The van der Waals surface area contributed by atoms with E-state index < -0.39 is 0 Å². The second kappa shape index (κ2) is 8.28. The van der Waals surface area contributed by atoms with Crippen molar-refractivity contribution in [3.8, 4) is 5.88 Å². The predicted octanol–water partition coefficient (Wildman–Crippen LogP) is 1.21. The fourth-order valence-corrected chi connectivity index (χ4v) is 1.83. The van der Waals surface area contributed by atoms with Crippen LogP contribution < -0.4 is 10.1 Å². The number of pyridine rings is 1. The molecular weight excluding hydrogens is 268 g/mol. The Kier molecular flexibility index (Phi) is 6.05. The van der Waals surface area contributed by atoms with Gasteiger partial charge in [0.15, 0.2) is 0 Å². The number of rotatable bonds is 8. The van der Waals surface area contributed by atoms with Crippen molar-refractivity contribution in [3.05, 3.63) is 47.7 Å². The van der Waals surface area contributed by atoms with Crippen molar-refractivity contribution in [2.45, 2.75) is 13.0 Å². The molecule has 6 heteroatoms. The third kappa shape index (κ3) is 5.09. The molecule has 0 aromatic carbocycles. The molecule has 0 saturated carbocycles. The molecule has 0 fully saturated rings. The van der Waals surface area contributed by atoms with E-state index in [0.29, 0.717) is 25.5 Å². The maximum Gasteiger partial charge on any atom is 0.212 e. The molecule has 1 N–H and O–H groups in total. The van der Waals surface area contributed by atoms with Crippen molar-refractivity contribution in [2.24, 2.45) is 0 Å². The molecule has 0 spiro atoms. The van der Waals surface area contributed by atoms with Gasteiger partial charge in [0.25, 0.3) is 0 Å². The minimum absolute atomic E-state index is 0.607. The summed E-state index contributed by atoms with van der Waals surface area (Å²) in [6.07, 6.45) is 4.22. The Morgan fingerprint density at radius 2 is 2.05 bits per heavy atom. The number of nitrogens with zero attached hydrogens (tertiary/aromatic N) is 3. The van der Waals surface area contributed by atoms with Crippen LogP contribution in [-0.2, 0) is 17.7 Å². The topological polar surface area (TPSA) is 69.2 Å². The van der Waals surface area contributed by atoms with E-state index in [-0.39, 0.29) is 0 Å². The van der Waals surface area contributed by atoms with Gasteiger partial charge in [0.1, 0.15) is 5.82 Å². The molecule has 0 aliphatic carbocycles. The van der Waals surface area contributed by atoms with Crippen molar-refractivity contribution < 1.29 is 9.47 Å². The van der Waals surface area contributed by atoms with E-state index in [0.717, 1.165) is 23.6 Å². The summed E-state index contributed by atoms with van der Waals surface area (Å²) in [4.78, 5) is 13.0. The third-order valence-corrected chi connectivity index (χ3v) is 2.92. The quantitative estimate of drug-likeness (QED) is 0.736. The lowest BCUT2D eigenvalue weighted by Gasteiger charge is -2.06. The van der Waals surface area contributed by atoms with Gasteiger partial charge in [-0.3, -0.25) is 0 Å². The zero-order valence-electron chi connectivity index (χ0n) is 12.4. The van der Waals surface area contributed by atoms with Crippen molar-refractivity contribution in [1.29, 1.82) is 0 Å². The summed E-state index contributed by atoms with van der Waals surface area (Å²) in [6, 6.07) is 5.72. The van der Waals surface area contributed by atoms with Crippen LogP contribution in [0.25, 0.3) is 0 Å². The van der Waals surface area contributed by atoms with Gasteiger partial charge in [0, 0.05) is 45.1 Å². The predicted molar refractivity (Wildman–Crippen MR) is 79.2 cm³/mol. The van der Waals surface area contributed by atoms with E-state index in [1.807, 2.05) is 18.2 Å². The summed E-state index contributed by atoms with van der Waals surface area (Å²) in [6.45, 7) is 2.20. The molecular formula is C15H20N4O2. The normalized spacial score (nSPS) is 10.6. The van der Waals surface area contributed by atoms with Gasteiger partial charge in [-0.25, -0.2) is 15.0 Å². The van der Waals surface area contributed by atoms with E-state index in [4.69, 9.17) is 9.47 Å². The summed E-state index contributed by atoms with van der Waals surface area (Å²) < 4.78 is 10.0. The molecule has 6 nitrogen and oxygen atoms in total. The largest absolute Gasteiger partial charge is 0.481 e. The molecule has 0 amide bonds. The molecule has 0 unspecified atom stereocenters. The molecule has 2 rings (SSSR count). The molecule has 2 aromatic rings. The number of aromatic nitrogens is 3. The van der Waals surface area contributed by atoms with Crippen molar-refractivity contribution in [3.63, 3.8) is 0 Å². The second-order valence-electron chi connectivity index (χ2n) is 4.52. The van der Waals surface area contributed by atoms with Gasteiger partial charge in [0.2, 0.25) is 5.88 Å². The molecule has 0 bridgehead atoms. The van der Waals surface area contributed by atoms with Crippen molar-refractivity contribution >= 4 is 0 Å². The van der Waals surface area contributed by atoms with Crippen LogP contribution in [0.5, 0.6) is 5.88 Å². The van der Waals surface area contributed by atoms with E-state index >= 15 is 0 Å². The van der Waals surface area contributed by atoms with Gasteiger partial charge >= 0.3 is 0 Å². The van der Waals surface area contributed by atoms with E-state index in [1.165, 1.54) is 0 Å². The fourth-order valence-electron chi connectivity index (χ4n) is 1.83. The number of hydrogen-bond donors (Lipinski definition) is 1. The van der Waals surface area contributed by atoms with E-state index in [9.17, 15) is 0 Å². The van der Waals surface area contributed by atoms with E-state index in [1.54, 1.807) is 26.6 Å². The Bertz CT molecular complexity index is 546. The molecule has 0 radical (unpaired) electrons. The van der Waals surface area contributed by atoms with E-state index in [2.05, 4.69) is 20.3 Å². The lowest BCUT2D eigenvalue weighted by atomic mass is 10.2. The highest BCUT2D eigenvalue weighted by Gasteiger charge is 2.02. The smallest absolute Gasteiger partial charge is 0.212 e. The summed E-state index contributed by atoms with van der Waals surface area (Å²) in [7, 11) is 3.29. The minimum atomic E-state index is 0.607. The molecule has 0 saturated heterocycles. The standard InChI is InChI=1S/C15H20N4O2/c1-20-8-7-16-11-13-5-6-17-14(19-13)9-12-3-4-15(21-2)18-10-12/h3-6,10,16H,7-9,11H2,1-2H3. The van der Waals surface area contributed by atoms with Crippen molar-refractivity contribution in [1.82, 2.24) is 20.3 Å². The fraction of sp³-hybridized carbons (Fsp3) is 0.400. The van der Waals surface area contributed by atoms with Gasteiger partial charge in [-0.1, -0.05) is 6.07 Å². The second-order valence-corrected chi connectivity index (χ2v) is 4.52. The number of ether oxygens (including phenoxy) is 2. The van der Waals surface area contributed by atoms with Crippen LogP contribution in [0.4, 0.5) is 0 Å². The van der Waals surface area contributed by atoms with Crippen LogP contribution in [0, 0.1) is 0 Å². The van der Waals surface area contributed by atoms with Crippen molar-refractivity contribution in [2.75, 3.05) is 27.4 Å². The first-order valence-corrected chi connectivity index (χ1v) is 6.81. The molecule has 0 aliphatic heterocycles. The van der Waals surface area contributed by atoms with Crippen LogP contribution in [0.15, 0.2) is 30.6 Å². The Hall–Kier alpha value is -2.05. The maximum absolute atomic E-state index is 5.04. The molecule has 2 aromatic heterocycles. The Morgan fingerprint density at radius 1 is 1.14 bits per heavy atom. The number of methoxy groups -OCH3 is 2. The van der Waals surface area contributed by atoms with Crippen LogP contribution in [0.2, 0.25) is 0 Å². The first-order chi connectivity index (χ1) is 10.3. The molecule has 0 aliphatic rings. The lowest BCUT2D eigenvalue weighted by molar-refractivity contribution is 0.199. The number of hydrogen-bond acceptors (Lipinski definition) is 6. The van der Waals surface area contributed by atoms with Gasteiger partial charge in [0.05, 0.1) is 19.4 Å². The van der Waals surface area contributed by atoms with Crippen LogP contribution in [-0.4, -0.2) is 42.3 Å². The summed E-state index contributed by atoms with van der Waals surface area (Å²) in [5.74, 6) is 1.39. The average molecular weight is 288 g/mol. The Morgan fingerprint density at radius 3 is 2.76 bits per heavy atom. The zero-order valence-corrected chi connectivity index (χ0v) is 12.4. The molecule has 0 atom stereocenters.